The first-order chi connectivity index (χ1) is 9.81. The molecule has 0 fully saturated rings. The minimum Gasteiger partial charge on any atom is -0.493 e. The number of pyridine rings is 1. The SMILES string of the molecule is NNC(c1cccc2c1OCCC2)c1ncccc1Br. The van der Waals surface area contributed by atoms with Crippen molar-refractivity contribution in [3.63, 3.8) is 0 Å². The Balaban J connectivity index is 2.09. The van der Waals surface area contributed by atoms with E-state index in [9.17, 15) is 0 Å². The topological polar surface area (TPSA) is 60.2 Å². The zero-order valence-corrected chi connectivity index (χ0v) is 12.6. The predicted molar refractivity (Wildman–Crippen MR) is 81.4 cm³/mol. The lowest BCUT2D eigenvalue weighted by Gasteiger charge is -2.25. The minimum atomic E-state index is -0.196. The molecule has 2 heterocycles. The van der Waals surface area contributed by atoms with Gasteiger partial charge in [-0.15, -0.1) is 0 Å². The summed E-state index contributed by atoms with van der Waals surface area (Å²) in [5.41, 5.74) is 5.98. The molecule has 0 saturated carbocycles. The van der Waals surface area contributed by atoms with Gasteiger partial charge in [0, 0.05) is 16.2 Å². The third-order valence-corrected chi connectivity index (χ3v) is 4.17. The highest BCUT2D eigenvalue weighted by Gasteiger charge is 2.23. The summed E-state index contributed by atoms with van der Waals surface area (Å²) >= 11 is 3.53. The van der Waals surface area contributed by atoms with E-state index in [0.29, 0.717) is 0 Å². The van der Waals surface area contributed by atoms with Crippen molar-refractivity contribution in [2.45, 2.75) is 18.9 Å². The van der Waals surface area contributed by atoms with Crippen molar-refractivity contribution in [3.8, 4) is 5.75 Å². The van der Waals surface area contributed by atoms with Crippen LogP contribution in [0.25, 0.3) is 0 Å². The maximum absolute atomic E-state index is 5.86. The maximum atomic E-state index is 5.86. The van der Waals surface area contributed by atoms with Crippen molar-refractivity contribution in [1.82, 2.24) is 10.4 Å². The van der Waals surface area contributed by atoms with Gasteiger partial charge in [0.2, 0.25) is 0 Å². The van der Waals surface area contributed by atoms with Crippen LogP contribution in [-0.2, 0) is 6.42 Å². The fourth-order valence-electron chi connectivity index (χ4n) is 2.57. The van der Waals surface area contributed by atoms with E-state index in [2.05, 4.69) is 32.4 Å². The largest absolute Gasteiger partial charge is 0.493 e. The molecular formula is C15H16BrN3O. The van der Waals surface area contributed by atoms with E-state index in [4.69, 9.17) is 10.6 Å². The van der Waals surface area contributed by atoms with Crippen LogP contribution in [0, 0.1) is 0 Å². The summed E-state index contributed by atoms with van der Waals surface area (Å²) in [6, 6.07) is 9.85. The van der Waals surface area contributed by atoms with Gasteiger partial charge in [0.05, 0.1) is 18.3 Å². The molecule has 0 aliphatic carbocycles. The van der Waals surface area contributed by atoms with Gasteiger partial charge in [0.25, 0.3) is 0 Å². The summed E-state index contributed by atoms with van der Waals surface area (Å²) in [4.78, 5) is 4.43. The molecule has 0 radical (unpaired) electrons. The summed E-state index contributed by atoms with van der Waals surface area (Å²) < 4.78 is 6.79. The Morgan fingerprint density at radius 1 is 1.30 bits per heavy atom. The number of para-hydroxylation sites is 1. The molecule has 2 aromatic rings. The van der Waals surface area contributed by atoms with Crippen molar-refractivity contribution in [3.05, 3.63) is 57.8 Å². The second kappa shape index (κ2) is 5.91. The van der Waals surface area contributed by atoms with E-state index in [1.165, 1.54) is 5.56 Å². The van der Waals surface area contributed by atoms with Crippen LogP contribution >= 0.6 is 15.9 Å². The summed E-state index contributed by atoms with van der Waals surface area (Å²) in [5.74, 6) is 6.72. The Morgan fingerprint density at radius 2 is 2.20 bits per heavy atom. The average Bonchev–Trinajstić information content (AvgIpc) is 2.50. The number of nitrogens with one attached hydrogen (secondary N) is 1. The summed E-state index contributed by atoms with van der Waals surface area (Å²) in [6.45, 7) is 0.755. The Morgan fingerprint density at radius 3 is 3.00 bits per heavy atom. The van der Waals surface area contributed by atoms with Gasteiger partial charge >= 0.3 is 0 Å². The standard InChI is InChI=1S/C15H16BrN3O/c16-12-7-2-8-18-14(12)13(19-17)11-6-1-4-10-5-3-9-20-15(10)11/h1-2,4,6-8,13,19H,3,5,9,17H2. The Labute approximate surface area is 126 Å². The Hall–Kier alpha value is -1.43. The highest BCUT2D eigenvalue weighted by atomic mass is 79.9. The highest BCUT2D eigenvalue weighted by molar-refractivity contribution is 9.10. The van der Waals surface area contributed by atoms with Crippen molar-refractivity contribution < 1.29 is 4.74 Å². The monoisotopic (exact) mass is 333 g/mol. The number of nitrogens with zero attached hydrogens (tertiary/aromatic N) is 1. The Kier molecular flexibility index (Phi) is 4.00. The van der Waals surface area contributed by atoms with Crippen LogP contribution in [0.5, 0.6) is 5.75 Å². The number of nitrogens with two attached hydrogens (primary N) is 1. The normalized spacial score (nSPS) is 15.3. The summed E-state index contributed by atoms with van der Waals surface area (Å²) in [5, 5.41) is 0. The van der Waals surface area contributed by atoms with Crippen LogP contribution in [0.15, 0.2) is 41.0 Å². The molecule has 1 aliphatic heterocycles. The van der Waals surface area contributed by atoms with Gasteiger partial charge in [-0.3, -0.25) is 10.8 Å². The smallest absolute Gasteiger partial charge is 0.127 e. The van der Waals surface area contributed by atoms with E-state index in [1.807, 2.05) is 24.3 Å². The van der Waals surface area contributed by atoms with Crippen LogP contribution in [-0.4, -0.2) is 11.6 Å². The zero-order valence-electron chi connectivity index (χ0n) is 11.0. The van der Waals surface area contributed by atoms with E-state index < -0.39 is 0 Å². The number of halogens is 1. The number of hydrogen-bond acceptors (Lipinski definition) is 4. The molecule has 0 saturated heterocycles. The van der Waals surface area contributed by atoms with E-state index in [-0.39, 0.29) is 6.04 Å². The first kappa shape index (κ1) is 13.5. The van der Waals surface area contributed by atoms with Gasteiger partial charge < -0.3 is 4.74 Å². The number of fused-ring (bicyclic) bond motifs is 1. The first-order valence-corrected chi connectivity index (χ1v) is 7.41. The van der Waals surface area contributed by atoms with Crippen molar-refractivity contribution in [2.75, 3.05) is 6.61 Å². The molecular weight excluding hydrogens is 318 g/mol. The number of benzene rings is 1. The molecule has 1 aliphatic rings. The highest BCUT2D eigenvalue weighted by Crippen LogP contribution is 2.36. The molecule has 1 unspecified atom stereocenters. The first-order valence-electron chi connectivity index (χ1n) is 6.62. The van der Waals surface area contributed by atoms with Gasteiger partial charge in [-0.2, -0.15) is 0 Å². The summed E-state index contributed by atoms with van der Waals surface area (Å²) in [6.07, 6.45) is 3.87. The van der Waals surface area contributed by atoms with Gasteiger partial charge in [0.15, 0.2) is 0 Å². The van der Waals surface area contributed by atoms with E-state index >= 15 is 0 Å². The van der Waals surface area contributed by atoms with Crippen LogP contribution in [0.2, 0.25) is 0 Å². The molecule has 1 aromatic heterocycles. The lowest BCUT2D eigenvalue weighted by molar-refractivity contribution is 0.283. The number of hydrazine groups is 1. The lowest BCUT2D eigenvalue weighted by atomic mass is 9.96. The molecule has 0 amide bonds. The molecule has 0 spiro atoms. The molecule has 4 nitrogen and oxygen atoms in total. The van der Waals surface area contributed by atoms with Crippen molar-refractivity contribution in [1.29, 1.82) is 0 Å². The molecule has 0 bridgehead atoms. The van der Waals surface area contributed by atoms with Crippen molar-refractivity contribution in [2.24, 2.45) is 5.84 Å². The number of aryl methyl sites for hydroxylation is 1. The van der Waals surface area contributed by atoms with Gasteiger partial charge in [-0.25, -0.2) is 5.43 Å². The summed E-state index contributed by atoms with van der Waals surface area (Å²) in [7, 11) is 0. The maximum Gasteiger partial charge on any atom is 0.127 e. The molecule has 1 atom stereocenters. The number of aromatic nitrogens is 1. The second-order valence-electron chi connectivity index (χ2n) is 4.76. The molecule has 3 N–H and O–H groups in total. The lowest BCUT2D eigenvalue weighted by Crippen LogP contribution is -2.30. The number of hydrogen-bond donors (Lipinski definition) is 2. The molecule has 3 rings (SSSR count). The zero-order chi connectivity index (χ0) is 13.9. The van der Waals surface area contributed by atoms with Gasteiger partial charge in [-0.05, 0) is 46.5 Å². The molecule has 104 valence electrons. The van der Waals surface area contributed by atoms with Crippen LogP contribution < -0.4 is 16.0 Å². The second-order valence-corrected chi connectivity index (χ2v) is 5.61. The van der Waals surface area contributed by atoms with Crippen molar-refractivity contribution >= 4 is 15.9 Å². The molecule has 20 heavy (non-hydrogen) atoms. The third-order valence-electron chi connectivity index (χ3n) is 3.50. The molecule has 1 aromatic carbocycles. The van der Waals surface area contributed by atoms with Gasteiger partial charge in [-0.1, -0.05) is 18.2 Å². The fraction of sp³-hybridized carbons (Fsp3) is 0.267. The van der Waals surface area contributed by atoms with Crippen LogP contribution in [0.1, 0.15) is 29.3 Å². The van der Waals surface area contributed by atoms with Crippen LogP contribution in [0.4, 0.5) is 0 Å². The number of rotatable bonds is 3. The van der Waals surface area contributed by atoms with E-state index in [0.717, 1.165) is 40.9 Å². The van der Waals surface area contributed by atoms with E-state index in [1.54, 1.807) is 6.20 Å². The Bertz CT molecular complexity index is 618. The molecule has 5 heteroatoms. The third kappa shape index (κ3) is 2.44. The fourth-order valence-corrected chi connectivity index (χ4v) is 3.05. The quantitative estimate of drug-likeness (QED) is 0.669. The van der Waals surface area contributed by atoms with Gasteiger partial charge in [0.1, 0.15) is 5.75 Å². The minimum absolute atomic E-state index is 0.196. The average molecular weight is 334 g/mol. The predicted octanol–water partition coefficient (Wildman–Crippen LogP) is 2.72. The number of ether oxygens (including phenoxy) is 1. The van der Waals surface area contributed by atoms with Crippen LogP contribution in [0.3, 0.4) is 0 Å².